The molecule has 0 radical (unpaired) electrons. The molecule has 2 aromatic rings. The molecule has 1 heterocycles. The van der Waals surface area contributed by atoms with Gasteiger partial charge in [-0.1, -0.05) is 29.8 Å². The van der Waals surface area contributed by atoms with E-state index in [-0.39, 0.29) is 29.5 Å². The van der Waals surface area contributed by atoms with Gasteiger partial charge in [0.1, 0.15) is 5.69 Å². The summed E-state index contributed by atoms with van der Waals surface area (Å²) < 4.78 is 0. The van der Waals surface area contributed by atoms with Crippen molar-refractivity contribution in [2.45, 2.75) is 39.7 Å². The van der Waals surface area contributed by atoms with Gasteiger partial charge in [0.05, 0.1) is 6.42 Å². The molecule has 0 fully saturated rings. The number of pyridine rings is 1. The van der Waals surface area contributed by atoms with Crippen LogP contribution >= 0.6 is 0 Å². The lowest BCUT2D eigenvalue weighted by atomic mass is 10.1. The largest absolute Gasteiger partial charge is 0.346 e. The Morgan fingerprint density at radius 3 is 2.38 bits per heavy atom. The number of aryl methyl sites for hydroxylation is 1. The molecule has 24 heavy (non-hydrogen) atoms. The third-order valence-electron chi connectivity index (χ3n) is 3.25. The highest BCUT2D eigenvalue weighted by Crippen LogP contribution is 2.11. The molecular formula is C19H23N3O2. The summed E-state index contributed by atoms with van der Waals surface area (Å²) in [6.07, 6.45) is 1.80. The van der Waals surface area contributed by atoms with Crippen molar-refractivity contribution in [1.82, 2.24) is 10.3 Å². The molecule has 0 aliphatic rings. The van der Waals surface area contributed by atoms with Crippen molar-refractivity contribution in [3.8, 4) is 0 Å². The zero-order valence-corrected chi connectivity index (χ0v) is 14.5. The molecule has 2 N–H and O–H groups in total. The van der Waals surface area contributed by atoms with Gasteiger partial charge >= 0.3 is 0 Å². The van der Waals surface area contributed by atoms with E-state index in [4.69, 9.17) is 0 Å². The van der Waals surface area contributed by atoms with Crippen LogP contribution in [-0.2, 0) is 11.2 Å². The minimum Gasteiger partial charge on any atom is -0.346 e. The highest BCUT2D eigenvalue weighted by atomic mass is 16.2. The maximum Gasteiger partial charge on any atom is 0.270 e. The number of amides is 2. The second kappa shape index (κ2) is 7.25. The maximum atomic E-state index is 12.1. The Hall–Kier alpha value is -2.69. The number of rotatable bonds is 4. The molecule has 0 saturated carbocycles. The first-order valence-electron chi connectivity index (χ1n) is 7.87. The Balaban J connectivity index is 2.02. The maximum absolute atomic E-state index is 12.1. The molecule has 0 bridgehead atoms. The molecule has 5 heteroatoms. The van der Waals surface area contributed by atoms with Crippen molar-refractivity contribution in [3.63, 3.8) is 0 Å². The Bertz CT molecular complexity index is 731. The Morgan fingerprint density at radius 2 is 1.75 bits per heavy atom. The number of nitrogens with zero attached hydrogens (tertiary/aromatic N) is 1. The summed E-state index contributed by atoms with van der Waals surface area (Å²) in [6.45, 7) is 7.71. The molecule has 0 aliphatic heterocycles. The lowest BCUT2D eigenvalue weighted by molar-refractivity contribution is -0.115. The molecule has 2 rings (SSSR count). The van der Waals surface area contributed by atoms with Crippen LogP contribution in [-0.4, -0.2) is 22.3 Å². The highest BCUT2D eigenvalue weighted by molar-refractivity contribution is 5.96. The van der Waals surface area contributed by atoms with Gasteiger partial charge in [-0.2, -0.15) is 0 Å². The molecule has 1 aromatic carbocycles. The van der Waals surface area contributed by atoms with Crippen molar-refractivity contribution in [2.24, 2.45) is 0 Å². The van der Waals surface area contributed by atoms with Gasteiger partial charge in [0.2, 0.25) is 5.91 Å². The quantitative estimate of drug-likeness (QED) is 0.907. The van der Waals surface area contributed by atoms with Gasteiger partial charge in [-0.3, -0.25) is 14.6 Å². The highest BCUT2D eigenvalue weighted by Gasteiger charge is 2.16. The molecule has 0 saturated heterocycles. The van der Waals surface area contributed by atoms with Gasteiger partial charge < -0.3 is 10.6 Å². The number of aromatic nitrogens is 1. The van der Waals surface area contributed by atoms with E-state index < -0.39 is 0 Å². The number of benzene rings is 1. The van der Waals surface area contributed by atoms with E-state index in [0.717, 1.165) is 11.1 Å². The molecule has 0 atom stereocenters. The molecular weight excluding hydrogens is 302 g/mol. The molecule has 0 aliphatic carbocycles. The fourth-order valence-corrected chi connectivity index (χ4v) is 2.13. The van der Waals surface area contributed by atoms with Gasteiger partial charge in [0.15, 0.2) is 0 Å². The van der Waals surface area contributed by atoms with Crippen LogP contribution in [0.4, 0.5) is 5.69 Å². The van der Waals surface area contributed by atoms with E-state index in [9.17, 15) is 9.59 Å². The van der Waals surface area contributed by atoms with E-state index in [1.54, 1.807) is 12.1 Å². The van der Waals surface area contributed by atoms with E-state index >= 15 is 0 Å². The number of nitrogens with one attached hydrogen (secondary N) is 2. The van der Waals surface area contributed by atoms with Crippen molar-refractivity contribution in [3.05, 3.63) is 59.4 Å². The third kappa shape index (κ3) is 5.50. The third-order valence-corrected chi connectivity index (χ3v) is 3.25. The first-order chi connectivity index (χ1) is 11.2. The van der Waals surface area contributed by atoms with Crippen molar-refractivity contribution in [2.75, 3.05) is 5.32 Å². The Kier molecular flexibility index (Phi) is 5.34. The Morgan fingerprint density at radius 1 is 1.08 bits per heavy atom. The van der Waals surface area contributed by atoms with Gasteiger partial charge in [-0.15, -0.1) is 0 Å². The van der Waals surface area contributed by atoms with Crippen molar-refractivity contribution < 1.29 is 9.59 Å². The number of hydrogen-bond acceptors (Lipinski definition) is 3. The normalized spacial score (nSPS) is 11.0. The van der Waals surface area contributed by atoms with Gasteiger partial charge in [0.25, 0.3) is 5.91 Å². The molecule has 1 aromatic heterocycles. The topological polar surface area (TPSA) is 71.1 Å². The number of anilines is 1. The minimum atomic E-state index is -0.344. The molecule has 2 amide bonds. The van der Waals surface area contributed by atoms with E-state index in [2.05, 4.69) is 15.6 Å². The van der Waals surface area contributed by atoms with Crippen LogP contribution in [0.2, 0.25) is 0 Å². The predicted molar refractivity (Wildman–Crippen MR) is 95.0 cm³/mol. The van der Waals surface area contributed by atoms with E-state index in [1.165, 1.54) is 6.20 Å². The van der Waals surface area contributed by atoms with Crippen LogP contribution in [0, 0.1) is 6.92 Å². The van der Waals surface area contributed by atoms with E-state index in [1.807, 2.05) is 52.0 Å². The van der Waals surface area contributed by atoms with Gasteiger partial charge in [-0.05, 0) is 45.4 Å². The monoisotopic (exact) mass is 325 g/mol. The Labute approximate surface area is 142 Å². The lowest BCUT2D eigenvalue weighted by Gasteiger charge is -2.20. The molecule has 0 unspecified atom stereocenters. The predicted octanol–water partition coefficient (Wildman–Crippen LogP) is 3.10. The fourth-order valence-electron chi connectivity index (χ4n) is 2.13. The summed E-state index contributed by atoms with van der Waals surface area (Å²) in [5, 5.41) is 5.65. The summed E-state index contributed by atoms with van der Waals surface area (Å²) in [5.74, 6) is -0.399. The van der Waals surface area contributed by atoms with Gasteiger partial charge in [0, 0.05) is 17.4 Å². The minimum absolute atomic E-state index is 0.132. The summed E-state index contributed by atoms with van der Waals surface area (Å²) in [7, 11) is 0. The van der Waals surface area contributed by atoms with Crippen LogP contribution in [0.1, 0.15) is 42.4 Å². The zero-order chi connectivity index (χ0) is 17.7. The first kappa shape index (κ1) is 17.7. The fraction of sp³-hybridized carbons (Fsp3) is 0.316. The zero-order valence-electron chi connectivity index (χ0n) is 14.5. The summed E-state index contributed by atoms with van der Waals surface area (Å²) >= 11 is 0. The van der Waals surface area contributed by atoms with Gasteiger partial charge in [-0.25, -0.2) is 0 Å². The smallest absolute Gasteiger partial charge is 0.270 e. The molecule has 5 nitrogen and oxygen atoms in total. The standard InChI is InChI=1S/C19H23N3O2/c1-13-5-7-14(8-6-13)11-17(23)21-15-9-10-20-16(12-15)18(24)22-19(2,3)4/h5-10,12H,11H2,1-4H3,(H,22,24)(H,20,21,23). The number of hydrogen-bond donors (Lipinski definition) is 2. The van der Waals surface area contributed by atoms with Crippen molar-refractivity contribution >= 4 is 17.5 Å². The SMILES string of the molecule is Cc1ccc(CC(=O)Nc2ccnc(C(=O)NC(C)(C)C)c2)cc1. The van der Waals surface area contributed by atoms with Crippen LogP contribution < -0.4 is 10.6 Å². The second-order valence-electron chi connectivity index (χ2n) is 6.84. The molecule has 126 valence electrons. The average molecular weight is 325 g/mol. The summed E-state index contributed by atoms with van der Waals surface area (Å²) in [6, 6.07) is 11.1. The van der Waals surface area contributed by atoms with Crippen molar-refractivity contribution in [1.29, 1.82) is 0 Å². The van der Waals surface area contributed by atoms with E-state index in [0.29, 0.717) is 5.69 Å². The first-order valence-corrected chi connectivity index (χ1v) is 7.87. The number of carbonyl (C=O) groups excluding carboxylic acids is 2. The second-order valence-corrected chi connectivity index (χ2v) is 6.84. The van der Waals surface area contributed by atoms with Crippen LogP contribution in [0.25, 0.3) is 0 Å². The van der Waals surface area contributed by atoms with Crippen LogP contribution in [0.3, 0.4) is 0 Å². The summed E-state index contributed by atoms with van der Waals surface area (Å²) in [5.41, 5.74) is 2.59. The number of carbonyl (C=O) groups is 2. The van der Waals surface area contributed by atoms with Crippen LogP contribution in [0.15, 0.2) is 42.6 Å². The molecule has 0 spiro atoms. The average Bonchev–Trinajstić information content (AvgIpc) is 2.48. The lowest BCUT2D eigenvalue weighted by Crippen LogP contribution is -2.40. The van der Waals surface area contributed by atoms with Crippen LogP contribution in [0.5, 0.6) is 0 Å². The summed E-state index contributed by atoms with van der Waals surface area (Å²) in [4.78, 5) is 28.3.